The Morgan fingerprint density at radius 1 is 1.10 bits per heavy atom. The molecule has 0 unspecified atom stereocenters. The average molecular weight is 421 g/mol. The summed E-state index contributed by atoms with van der Waals surface area (Å²) in [7, 11) is 1.94. The van der Waals surface area contributed by atoms with Crippen LogP contribution in [0.4, 0.5) is 16.4 Å². The lowest BCUT2D eigenvalue weighted by molar-refractivity contribution is -0.133. The number of fused-ring (bicyclic) bond motifs is 2. The summed E-state index contributed by atoms with van der Waals surface area (Å²) in [6.45, 7) is 4.71. The summed E-state index contributed by atoms with van der Waals surface area (Å²) in [4.78, 5) is 40.7. The van der Waals surface area contributed by atoms with Gasteiger partial charge in [0.15, 0.2) is 0 Å². The molecule has 0 aliphatic carbocycles. The van der Waals surface area contributed by atoms with Crippen LogP contribution >= 0.6 is 0 Å². The molecule has 0 radical (unpaired) electrons. The molecule has 0 saturated carbocycles. The number of anilines is 2. The lowest BCUT2D eigenvalue weighted by Crippen LogP contribution is -2.57. The Morgan fingerprint density at radius 2 is 1.81 bits per heavy atom. The van der Waals surface area contributed by atoms with E-state index in [1.165, 1.54) is 0 Å². The third-order valence-corrected chi connectivity index (χ3v) is 7.46. The molecule has 3 saturated heterocycles. The summed E-state index contributed by atoms with van der Waals surface area (Å²) in [6.07, 6.45) is 5.07. The highest BCUT2D eigenvalue weighted by molar-refractivity contribution is 5.90. The minimum Gasteiger partial charge on any atom is -0.340 e. The van der Waals surface area contributed by atoms with Crippen molar-refractivity contribution in [1.82, 2.24) is 19.8 Å². The normalized spacial score (nSPS) is 24.6. The molecule has 5 rings (SSSR count). The van der Waals surface area contributed by atoms with Gasteiger partial charge in [0.25, 0.3) is 0 Å². The molecule has 1 spiro atoms. The molecule has 31 heavy (non-hydrogen) atoms. The van der Waals surface area contributed by atoms with Crippen molar-refractivity contribution in [3.05, 3.63) is 48.3 Å². The van der Waals surface area contributed by atoms with Crippen LogP contribution in [0.25, 0.3) is 0 Å². The lowest BCUT2D eigenvalue weighted by atomic mass is 9.75. The standard InChI is InChI=1S/C23H28N6O2/c1-16-6-3-4-7-19(16)26-22(31)28-12-8-23(9-13-28)18-15-29(21-24-10-5-11-25-21)14-17(18)20(30)27(23)2/h3-7,10-11,17-18H,8-9,12-15H2,1-2H3,(H,26,31)/t17-,18+/m1/s1. The Morgan fingerprint density at radius 3 is 2.52 bits per heavy atom. The van der Waals surface area contributed by atoms with Gasteiger partial charge in [-0.15, -0.1) is 0 Å². The van der Waals surface area contributed by atoms with Crippen LogP contribution in [0.1, 0.15) is 18.4 Å². The number of para-hydroxylation sites is 1. The van der Waals surface area contributed by atoms with E-state index in [1.807, 2.05) is 48.0 Å². The third-order valence-electron chi connectivity index (χ3n) is 7.46. The molecular weight excluding hydrogens is 392 g/mol. The number of hydrogen-bond acceptors (Lipinski definition) is 5. The van der Waals surface area contributed by atoms with Crippen LogP contribution in [-0.2, 0) is 4.79 Å². The number of urea groups is 1. The fourth-order valence-electron chi connectivity index (χ4n) is 5.64. The zero-order valence-electron chi connectivity index (χ0n) is 18.0. The highest BCUT2D eigenvalue weighted by atomic mass is 16.2. The van der Waals surface area contributed by atoms with E-state index in [-0.39, 0.29) is 29.3 Å². The van der Waals surface area contributed by atoms with Gasteiger partial charge < -0.3 is 20.0 Å². The number of hydrogen-bond donors (Lipinski definition) is 1. The van der Waals surface area contributed by atoms with E-state index >= 15 is 0 Å². The minimum atomic E-state index is -0.204. The van der Waals surface area contributed by atoms with Gasteiger partial charge in [0, 0.05) is 57.2 Å². The Labute approximate surface area is 182 Å². The number of benzene rings is 1. The highest BCUT2D eigenvalue weighted by Crippen LogP contribution is 2.49. The Bertz CT molecular complexity index is 989. The molecule has 3 aliphatic heterocycles. The number of piperidine rings is 1. The predicted molar refractivity (Wildman–Crippen MR) is 118 cm³/mol. The molecule has 1 N–H and O–H groups in total. The number of rotatable bonds is 2. The fourth-order valence-corrected chi connectivity index (χ4v) is 5.64. The topological polar surface area (TPSA) is 81.7 Å². The molecule has 2 atom stereocenters. The van der Waals surface area contributed by atoms with E-state index in [9.17, 15) is 9.59 Å². The molecule has 3 amide bonds. The molecule has 2 aromatic rings. The maximum absolute atomic E-state index is 13.1. The molecule has 162 valence electrons. The van der Waals surface area contributed by atoms with Crippen LogP contribution in [-0.4, -0.2) is 70.5 Å². The smallest absolute Gasteiger partial charge is 0.321 e. The minimum absolute atomic E-state index is 0.0267. The SMILES string of the molecule is Cc1ccccc1NC(=O)N1CCC2(CC1)[C@H]1CN(c3ncccn3)C[C@H]1C(=O)N2C. The van der Waals surface area contributed by atoms with Crippen molar-refractivity contribution in [3.8, 4) is 0 Å². The Kier molecular flexibility index (Phi) is 4.79. The molecule has 3 aliphatic rings. The number of likely N-dealkylation sites (tertiary alicyclic amines) is 2. The van der Waals surface area contributed by atoms with E-state index in [0.29, 0.717) is 25.6 Å². The van der Waals surface area contributed by atoms with Gasteiger partial charge in [-0.25, -0.2) is 14.8 Å². The van der Waals surface area contributed by atoms with Gasteiger partial charge >= 0.3 is 6.03 Å². The highest BCUT2D eigenvalue weighted by Gasteiger charge is 2.61. The fraction of sp³-hybridized carbons (Fsp3) is 0.478. The lowest BCUT2D eigenvalue weighted by Gasteiger charge is -2.46. The van der Waals surface area contributed by atoms with Gasteiger partial charge in [-0.3, -0.25) is 4.79 Å². The van der Waals surface area contributed by atoms with Gasteiger partial charge in [0.05, 0.1) is 11.5 Å². The average Bonchev–Trinajstić information content (AvgIpc) is 3.32. The van der Waals surface area contributed by atoms with Gasteiger partial charge in [0.2, 0.25) is 11.9 Å². The largest absolute Gasteiger partial charge is 0.340 e. The summed E-state index contributed by atoms with van der Waals surface area (Å²) < 4.78 is 0. The molecule has 1 aromatic carbocycles. The van der Waals surface area contributed by atoms with E-state index in [4.69, 9.17) is 0 Å². The van der Waals surface area contributed by atoms with Crippen LogP contribution in [0.5, 0.6) is 0 Å². The molecule has 1 aromatic heterocycles. The van der Waals surface area contributed by atoms with Crippen molar-refractivity contribution in [2.75, 3.05) is 43.4 Å². The van der Waals surface area contributed by atoms with Gasteiger partial charge in [-0.1, -0.05) is 18.2 Å². The maximum atomic E-state index is 13.1. The van der Waals surface area contributed by atoms with Crippen LogP contribution < -0.4 is 10.2 Å². The second-order valence-electron chi connectivity index (χ2n) is 8.90. The van der Waals surface area contributed by atoms with Crippen LogP contribution in [0.15, 0.2) is 42.7 Å². The van der Waals surface area contributed by atoms with E-state index in [1.54, 1.807) is 18.5 Å². The van der Waals surface area contributed by atoms with Crippen molar-refractivity contribution in [2.45, 2.75) is 25.3 Å². The van der Waals surface area contributed by atoms with Crippen molar-refractivity contribution in [1.29, 1.82) is 0 Å². The monoisotopic (exact) mass is 420 g/mol. The van der Waals surface area contributed by atoms with Gasteiger partial charge in [-0.2, -0.15) is 0 Å². The first-order chi connectivity index (χ1) is 15.0. The third kappa shape index (κ3) is 3.21. The number of nitrogens with one attached hydrogen (secondary N) is 1. The first-order valence-corrected chi connectivity index (χ1v) is 10.9. The Hall–Kier alpha value is -3.16. The number of carbonyl (C=O) groups excluding carboxylic acids is 2. The number of nitrogens with zero attached hydrogens (tertiary/aromatic N) is 5. The Balaban J connectivity index is 1.29. The molecule has 4 heterocycles. The van der Waals surface area contributed by atoms with Gasteiger partial charge in [0.1, 0.15) is 0 Å². The van der Waals surface area contributed by atoms with Crippen LogP contribution in [0.3, 0.4) is 0 Å². The van der Waals surface area contributed by atoms with Crippen molar-refractivity contribution in [3.63, 3.8) is 0 Å². The molecule has 3 fully saturated rings. The van der Waals surface area contributed by atoms with Crippen LogP contribution in [0.2, 0.25) is 0 Å². The van der Waals surface area contributed by atoms with Crippen molar-refractivity contribution >= 4 is 23.6 Å². The van der Waals surface area contributed by atoms with E-state index in [2.05, 4.69) is 20.2 Å². The zero-order valence-corrected chi connectivity index (χ0v) is 18.0. The number of aromatic nitrogens is 2. The quantitative estimate of drug-likeness (QED) is 0.807. The molecular formula is C23H28N6O2. The number of aryl methyl sites for hydroxylation is 1. The van der Waals surface area contributed by atoms with Crippen molar-refractivity contribution in [2.24, 2.45) is 11.8 Å². The molecule has 8 heteroatoms. The first-order valence-electron chi connectivity index (χ1n) is 10.9. The first kappa shape index (κ1) is 19.8. The summed E-state index contributed by atoms with van der Waals surface area (Å²) in [5.74, 6) is 1.11. The molecule has 0 bridgehead atoms. The summed E-state index contributed by atoms with van der Waals surface area (Å²) in [6, 6.07) is 9.53. The van der Waals surface area contributed by atoms with Crippen LogP contribution in [0, 0.1) is 18.8 Å². The van der Waals surface area contributed by atoms with Crippen molar-refractivity contribution < 1.29 is 9.59 Å². The van der Waals surface area contributed by atoms with E-state index in [0.717, 1.165) is 30.6 Å². The second kappa shape index (κ2) is 7.51. The summed E-state index contributed by atoms with van der Waals surface area (Å²) >= 11 is 0. The summed E-state index contributed by atoms with van der Waals surface area (Å²) in [5, 5.41) is 3.04. The summed E-state index contributed by atoms with van der Waals surface area (Å²) in [5.41, 5.74) is 1.68. The maximum Gasteiger partial charge on any atom is 0.321 e. The van der Waals surface area contributed by atoms with Gasteiger partial charge in [-0.05, 0) is 37.5 Å². The zero-order chi connectivity index (χ0) is 21.6. The second-order valence-corrected chi connectivity index (χ2v) is 8.90. The predicted octanol–water partition coefficient (Wildman–Crippen LogP) is 2.38. The number of amides is 3. The van der Waals surface area contributed by atoms with E-state index < -0.39 is 0 Å². The number of carbonyl (C=O) groups is 2. The molecule has 8 nitrogen and oxygen atoms in total.